The molecule has 0 aliphatic heterocycles. The van der Waals surface area contributed by atoms with Gasteiger partial charge in [0.2, 0.25) is 0 Å². The second kappa shape index (κ2) is 5.23. The molecule has 0 fully saturated rings. The van der Waals surface area contributed by atoms with E-state index in [1.165, 1.54) is 17.7 Å². The summed E-state index contributed by atoms with van der Waals surface area (Å²) in [5, 5.41) is 0. The maximum Gasteiger partial charge on any atom is 0.0137 e. The minimum Gasteiger partial charge on any atom is -0.161 e. The molecule has 0 saturated carbocycles. The Labute approximate surface area is 56.4 Å². The van der Waals surface area contributed by atoms with Crippen molar-refractivity contribution in [3.8, 4) is 0 Å². The molecule has 8 heavy (non-hydrogen) atoms. The van der Waals surface area contributed by atoms with Crippen LogP contribution in [0.3, 0.4) is 0 Å². The summed E-state index contributed by atoms with van der Waals surface area (Å²) in [5.41, 5.74) is 1.50. The van der Waals surface area contributed by atoms with E-state index >= 15 is 0 Å². The van der Waals surface area contributed by atoms with Crippen molar-refractivity contribution in [3.63, 3.8) is 0 Å². The standard InChI is InChI=1S/C7H14S/c1-4-5-7(2)6-8-3/h5H,4,6H2,1-3H3/b7-5+. The summed E-state index contributed by atoms with van der Waals surface area (Å²) in [6.45, 7) is 4.35. The van der Waals surface area contributed by atoms with Crippen molar-refractivity contribution in [1.29, 1.82) is 0 Å². The number of hydrogen-bond acceptors (Lipinski definition) is 1. The van der Waals surface area contributed by atoms with Gasteiger partial charge < -0.3 is 0 Å². The molecule has 0 saturated heterocycles. The van der Waals surface area contributed by atoms with Crippen LogP contribution in [0.1, 0.15) is 20.3 Å². The van der Waals surface area contributed by atoms with E-state index < -0.39 is 0 Å². The lowest BCUT2D eigenvalue weighted by Gasteiger charge is -1.93. The molecule has 0 radical (unpaired) electrons. The summed E-state index contributed by atoms with van der Waals surface area (Å²) in [6, 6.07) is 0. The zero-order chi connectivity index (χ0) is 6.41. The van der Waals surface area contributed by atoms with Gasteiger partial charge in [0.25, 0.3) is 0 Å². The Morgan fingerprint density at radius 1 is 1.62 bits per heavy atom. The number of hydrogen-bond donors (Lipinski definition) is 0. The Morgan fingerprint density at radius 3 is 2.62 bits per heavy atom. The van der Waals surface area contributed by atoms with Gasteiger partial charge in [-0.05, 0) is 19.6 Å². The highest BCUT2D eigenvalue weighted by molar-refractivity contribution is 7.98. The Hall–Kier alpha value is 0.0900. The summed E-state index contributed by atoms with van der Waals surface area (Å²) in [4.78, 5) is 0. The molecule has 0 heterocycles. The third-order valence-corrected chi connectivity index (χ3v) is 1.67. The monoisotopic (exact) mass is 130 g/mol. The first-order chi connectivity index (χ1) is 3.81. The van der Waals surface area contributed by atoms with Crippen molar-refractivity contribution in [3.05, 3.63) is 11.6 Å². The molecule has 0 rings (SSSR count). The van der Waals surface area contributed by atoms with Crippen LogP contribution in [0, 0.1) is 0 Å². The summed E-state index contributed by atoms with van der Waals surface area (Å²) < 4.78 is 0. The second-order valence-corrected chi connectivity index (χ2v) is 2.76. The molecule has 0 aliphatic rings. The molecule has 0 aromatic carbocycles. The third-order valence-electron chi connectivity index (χ3n) is 0.925. The van der Waals surface area contributed by atoms with Gasteiger partial charge in [-0.2, -0.15) is 11.8 Å². The van der Waals surface area contributed by atoms with Crippen LogP contribution in [0.2, 0.25) is 0 Å². The maximum absolute atomic E-state index is 2.27. The van der Waals surface area contributed by atoms with Crippen molar-refractivity contribution < 1.29 is 0 Å². The third kappa shape index (κ3) is 4.25. The number of thioether (sulfide) groups is 1. The van der Waals surface area contributed by atoms with Crippen molar-refractivity contribution in [2.45, 2.75) is 20.3 Å². The van der Waals surface area contributed by atoms with Gasteiger partial charge in [-0.15, -0.1) is 0 Å². The Bertz CT molecular complexity index is 74.5. The quantitative estimate of drug-likeness (QED) is 0.529. The fourth-order valence-corrected chi connectivity index (χ4v) is 1.21. The Morgan fingerprint density at radius 2 is 2.25 bits per heavy atom. The van der Waals surface area contributed by atoms with Crippen LogP contribution < -0.4 is 0 Å². The molecule has 0 amide bonds. The van der Waals surface area contributed by atoms with Crippen molar-refractivity contribution >= 4 is 11.8 Å². The lowest BCUT2D eigenvalue weighted by atomic mass is 10.3. The Kier molecular flexibility index (Phi) is 5.29. The lowest BCUT2D eigenvalue weighted by Crippen LogP contribution is -1.77. The van der Waals surface area contributed by atoms with Crippen molar-refractivity contribution in [1.82, 2.24) is 0 Å². The van der Waals surface area contributed by atoms with Gasteiger partial charge in [0.1, 0.15) is 0 Å². The Balaban J connectivity index is 3.29. The van der Waals surface area contributed by atoms with Crippen LogP contribution in [0.15, 0.2) is 11.6 Å². The fraction of sp³-hybridized carbons (Fsp3) is 0.714. The normalized spacial score (nSPS) is 12.1. The highest BCUT2D eigenvalue weighted by Gasteiger charge is 1.82. The minimum absolute atomic E-state index is 1.17. The van der Waals surface area contributed by atoms with Crippen LogP contribution in [-0.4, -0.2) is 12.0 Å². The molecule has 0 nitrogen and oxygen atoms in total. The van der Waals surface area contributed by atoms with E-state index in [0.717, 1.165) is 0 Å². The first-order valence-electron chi connectivity index (χ1n) is 2.95. The zero-order valence-corrected chi connectivity index (χ0v) is 6.72. The lowest BCUT2D eigenvalue weighted by molar-refractivity contribution is 1.18. The van der Waals surface area contributed by atoms with Gasteiger partial charge >= 0.3 is 0 Å². The largest absolute Gasteiger partial charge is 0.161 e. The van der Waals surface area contributed by atoms with E-state index in [-0.39, 0.29) is 0 Å². The van der Waals surface area contributed by atoms with Gasteiger partial charge in [-0.1, -0.05) is 18.6 Å². The molecule has 0 aliphatic carbocycles. The first-order valence-corrected chi connectivity index (χ1v) is 4.35. The van der Waals surface area contributed by atoms with Gasteiger partial charge in [0, 0.05) is 5.75 Å². The molecule has 0 aromatic rings. The van der Waals surface area contributed by atoms with Gasteiger partial charge in [0.15, 0.2) is 0 Å². The minimum atomic E-state index is 1.17. The molecule has 0 spiro atoms. The van der Waals surface area contributed by atoms with Gasteiger partial charge in [0.05, 0.1) is 0 Å². The van der Waals surface area contributed by atoms with E-state index in [4.69, 9.17) is 0 Å². The van der Waals surface area contributed by atoms with Crippen molar-refractivity contribution in [2.75, 3.05) is 12.0 Å². The van der Waals surface area contributed by atoms with Crippen molar-refractivity contribution in [2.24, 2.45) is 0 Å². The number of rotatable bonds is 3. The molecule has 0 N–H and O–H groups in total. The van der Waals surface area contributed by atoms with Crippen LogP contribution in [0.25, 0.3) is 0 Å². The molecule has 1 heteroatoms. The zero-order valence-electron chi connectivity index (χ0n) is 5.90. The van der Waals surface area contributed by atoms with E-state index in [0.29, 0.717) is 0 Å². The van der Waals surface area contributed by atoms with Crippen LogP contribution in [0.5, 0.6) is 0 Å². The molecule has 0 bridgehead atoms. The molecular formula is C7H14S. The molecule has 48 valence electrons. The molecule has 0 atom stereocenters. The summed E-state index contributed by atoms with van der Waals surface area (Å²) in [6.07, 6.45) is 5.58. The smallest absolute Gasteiger partial charge is 0.0137 e. The van der Waals surface area contributed by atoms with Crippen LogP contribution >= 0.6 is 11.8 Å². The summed E-state index contributed by atoms with van der Waals surface area (Å²) in [5.74, 6) is 1.19. The van der Waals surface area contributed by atoms with E-state index in [1.807, 2.05) is 11.8 Å². The summed E-state index contributed by atoms with van der Waals surface area (Å²) in [7, 11) is 0. The van der Waals surface area contributed by atoms with Crippen LogP contribution in [-0.2, 0) is 0 Å². The van der Waals surface area contributed by atoms with E-state index in [2.05, 4.69) is 26.2 Å². The second-order valence-electron chi connectivity index (χ2n) is 1.89. The topological polar surface area (TPSA) is 0 Å². The fourth-order valence-electron chi connectivity index (χ4n) is 0.635. The van der Waals surface area contributed by atoms with Crippen LogP contribution in [0.4, 0.5) is 0 Å². The SMILES string of the molecule is CC/C=C(\C)CSC. The predicted octanol–water partition coefficient (Wildman–Crippen LogP) is 2.71. The average Bonchev–Trinajstić information content (AvgIpc) is 1.68. The molecule has 0 unspecified atom stereocenters. The first kappa shape index (κ1) is 8.09. The number of allylic oxidation sites excluding steroid dienone is 1. The molecule has 0 aromatic heterocycles. The molecular weight excluding hydrogens is 116 g/mol. The predicted molar refractivity (Wildman–Crippen MR) is 42.4 cm³/mol. The van der Waals surface area contributed by atoms with Gasteiger partial charge in [-0.3, -0.25) is 0 Å². The van der Waals surface area contributed by atoms with E-state index in [9.17, 15) is 0 Å². The van der Waals surface area contributed by atoms with E-state index in [1.54, 1.807) is 0 Å². The highest BCUT2D eigenvalue weighted by Crippen LogP contribution is 2.02. The average molecular weight is 130 g/mol. The maximum atomic E-state index is 2.27. The summed E-state index contributed by atoms with van der Waals surface area (Å²) >= 11 is 1.88. The van der Waals surface area contributed by atoms with Gasteiger partial charge in [-0.25, -0.2) is 0 Å². The highest BCUT2D eigenvalue weighted by atomic mass is 32.2.